The summed E-state index contributed by atoms with van der Waals surface area (Å²) in [5.74, 6) is 0.884. The predicted octanol–water partition coefficient (Wildman–Crippen LogP) is 4.01. The lowest BCUT2D eigenvalue weighted by Gasteiger charge is -2.15. The van der Waals surface area contributed by atoms with Gasteiger partial charge in [0.05, 0.1) is 0 Å². The first-order valence-corrected chi connectivity index (χ1v) is 6.49. The van der Waals surface area contributed by atoms with Gasteiger partial charge in [-0.3, -0.25) is 0 Å². The molecule has 0 aromatic carbocycles. The second-order valence-corrected chi connectivity index (χ2v) is 4.81. The van der Waals surface area contributed by atoms with Crippen LogP contribution in [0.2, 0.25) is 0 Å². The summed E-state index contributed by atoms with van der Waals surface area (Å²) >= 11 is 1.79. The Bertz CT molecular complexity index is 230. The smallest absolute Gasteiger partial charge is 0.0474 e. The highest BCUT2D eigenvalue weighted by atomic mass is 32.1. The number of hydrogen-bond acceptors (Lipinski definition) is 2. The summed E-state index contributed by atoms with van der Waals surface area (Å²) in [4.78, 5) is 2.47. The van der Waals surface area contributed by atoms with E-state index < -0.39 is 0 Å². The Hall–Kier alpha value is -0.500. The summed E-state index contributed by atoms with van der Waals surface area (Å²) in [6.07, 6.45) is 2.61. The highest BCUT2D eigenvalue weighted by molar-refractivity contribution is 7.08. The van der Waals surface area contributed by atoms with E-state index in [0.29, 0.717) is 0 Å². The van der Waals surface area contributed by atoms with Crippen molar-refractivity contribution in [3.05, 3.63) is 16.8 Å². The second-order valence-electron chi connectivity index (χ2n) is 4.03. The molecule has 1 aliphatic heterocycles. The molecule has 2 heterocycles. The Morgan fingerprint density at radius 2 is 2.21 bits per heavy atom. The Labute approximate surface area is 91.8 Å². The summed E-state index contributed by atoms with van der Waals surface area (Å²) in [6, 6.07) is 2.21. The molecule has 1 atom stereocenters. The monoisotopic (exact) mass is 211 g/mol. The largest absolute Gasteiger partial charge is 0.371 e. The van der Waals surface area contributed by atoms with Gasteiger partial charge in [0, 0.05) is 24.2 Å². The van der Waals surface area contributed by atoms with Crippen LogP contribution in [-0.2, 0) is 0 Å². The Kier molecular flexibility index (Phi) is 5.02. The van der Waals surface area contributed by atoms with Gasteiger partial charge in [0.1, 0.15) is 0 Å². The molecule has 1 unspecified atom stereocenters. The number of rotatable bonds is 1. The van der Waals surface area contributed by atoms with Crippen LogP contribution in [0.25, 0.3) is 0 Å². The van der Waals surface area contributed by atoms with Crippen LogP contribution in [0.3, 0.4) is 0 Å². The van der Waals surface area contributed by atoms with E-state index in [0.717, 1.165) is 5.92 Å². The average Bonchev–Trinajstić information content (AvgIpc) is 2.74. The SMILES string of the molecule is CC1CCN(c2ccsc2)C1.CCC. The Morgan fingerprint density at radius 1 is 1.50 bits per heavy atom. The minimum Gasteiger partial charge on any atom is -0.371 e. The second kappa shape index (κ2) is 6.07. The fourth-order valence-corrected chi connectivity index (χ4v) is 2.27. The third-order valence-corrected chi connectivity index (χ3v) is 2.97. The van der Waals surface area contributed by atoms with Gasteiger partial charge in [-0.25, -0.2) is 0 Å². The van der Waals surface area contributed by atoms with Crippen LogP contribution in [-0.4, -0.2) is 13.1 Å². The normalized spacial score (nSPS) is 20.5. The molecular weight excluding hydrogens is 190 g/mol. The lowest BCUT2D eigenvalue weighted by Crippen LogP contribution is -2.17. The van der Waals surface area contributed by atoms with Gasteiger partial charge in [-0.2, -0.15) is 11.3 Å². The highest BCUT2D eigenvalue weighted by Gasteiger charge is 2.18. The molecule has 0 saturated carbocycles. The fraction of sp³-hybridized carbons (Fsp3) is 0.667. The first-order chi connectivity index (χ1) is 6.77. The van der Waals surface area contributed by atoms with E-state index in [9.17, 15) is 0 Å². The van der Waals surface area contributed by atoms with Crippen LogP contribution in [0.1, 0.15) is 33.6 Å². The minimum absolute atomic E-state index is 0.884. The van der Waals surface area contributed by atoms with E-state index >= 15 is 0 Å². The predicted molar refractivity (Wildman–Crippen MR) is 66.3 cm³/mol. The molecule has 1 nitrogen and oxygen atoms in total. The van der Waals surface area contributed by atoms with Crippen molar-refractivity contribution in [2.45, 2.75) is 33.6 Å². The zero-order chi connectivity index (χ0) is 10.4. The molecule has 14 heavy (non-hydrogen) atoms. The topological polar surface area (TPSA) is 3.24 Å². The molecule has 80 valence electrons. The average molecular weight is 211 g/mol. The van der Waals surface area contributed by atoms with Gasteiger partial charge in [-0.1, -0.05) is 27.2 Å². The van der Waals surface area contributed by atoms with Gasteiger partial charge in [0.25, 0.3) is 0 Å². The van der Waals surface area contributed by atoms with Crippen molar-refractivity contribution < 1.29 is 0 Å². The van der Waals surface area contributed by atoms with Crippen LogP contribution >= 0.6 is 11.3 Å². The number of nitrogens with zero attached hydrogens (tertiary/aromatic N) is 1. The van der Waals surface area contributed by atoms with Crippen LogP contribution in [0, 0.1) is 5.92 Å². The fourth-order valence-electron chi connectivity index (χ4n) is 1.61. The van der Waals surface area contributed by atoms with Crippen molar-refractivity contribution >= 4 is 17.0 Å². The highest BCUT2D eigenvalue weighted by Crippen LogP contribution is 2.24. The third kappa shape index (κ3) is 3.33. The molecule has 0 N–H and O–H groups in total. The molecular formula is C12H21NS. The number of thiophene rings is 1. The Balaban J connectivity index is 0.000000293. The van der Waals surface area contributed by atoms with Crippen LogP contribution < -0.4 is 4.90 Å². The summed E-state index contributed by atoms with van der Waals surface area (Å²) in [6.45, 7) is 9.07. The van der Waals surface area contributed by atoms with E-state index in [1.807, 2.05) is 0 Å². The molecule has 0 spiro atoms. The molecule has 1 aliphatic rings. The number of hydrogen-bond donors (Lipinski definition) is 0. The van der Waals surface area contributed by atoms with E-state index in [4.69, 9.17) is 0 Å². The maximum Gasteiger partial charge on any atom is 0.0474 e. The van der Waals surface area contributed by atoms with Gasteiger partial charge >= 0.3 is 0 Å². The third-order valence-electron chi connectivity index (χ3n) is 2.30. The summed E-state index contributed by atoms with van der Waals surface area (Å²) in [5.41, 5.74) is 1.42. The maximum absolute atomic E-state index is 2.47. The summed E-state index contributed by atoms with van der Waals surface area (Å²) in [5, 5.41) is 4.39. The maximum atomic E-state index is 2.47. The number of anilines is 1. The van der Waals surface area contributed by atoms with Gasteiger partial charge in [0.2, 0.25) is 0 Å². The first-order valence-electron chi connectivity index (χ1n) is 5.55. The van der Waals surface area contributed by atoms with E-state index in [1.54, 1.807) is 11.3 Å². The molecule has 2 rings (SSSR count). The van der Waals surface area contributed by atoms with Crippen molar-refractivity contribution in [2.24, 2.45) is 5.92 Å². The molecule has 1 saturated heterocycles. The molecule has 1 fully saturated rings. The lowest BCUT2D eigenvalue weighted by molar-refractivity contribution is 0.659. The molecule has 0 amide bonds. The summed E-state index contributed by atoms with van der Waals surface area (Å²) in [7, 11) is 0. The zero-order valence-corrected chi connectivity index (χ0v) is 10.3. The van der Waals surface area contributed by atoms with E-state index in [2.05, 4.69) is 42.5 Å². The van der Waals surface area contributed by atoms with Crippen molar-refractivity contribution in [1.29, 1.82) is 0 Å². The molecule has 0 bridgehead atoms. The van der Waals surface area contributed by atoms with E-state index in [-0.39, 0.29) is 0 Å². The molecule has 2 heteroatoms. The lowest BCUT2D eigenvalue weighted by atomic mass is 10.2. The van der Waals surface area contributed by atoms with Crippen molar-refractivity contribution in [1.82, 2.24) is 0 Å². The van der Waals surface area contributed by atoms with Gasteiger partial charge in [-0.05, 0) is 23.8 Å². The molecule has 0 radical (unpaired) electrons. The quantitative estimate of drug-likeness (QED) is 0.678. The standard InChI is InChI=1S/C9H13NS.C3H8/c1-8-2-4-10(6-8)9-3-5-11-7-9;1-3-2/h3,5,7-8H,2,4,6H2,1H3;3H2,1-2H3. The molecule has 1 aromatic rings. The van der Waals surface area contributed by atoms with Crippen molar-refractivity contribution in [2.75, 3.05) is 18.0 Å². The van der Waals surface area contributed by atoms with Crippen LogP contribution in [0.15, 0.2) is 16.8 Å². The van der Waals surface area contributed by atoms with E-state index in [1.165, 1.54) is 31.6 Å². The van der Waals surface area contributed by atoms with Crippen LogP contribution in [0.5, 0.6) is 0 Å². The van der Waals surface area contributed by atoms with Crippen molar-refractivity contribution in [3.63, 3.8) is 0 Å². The molecule has 1 aromatic heterocycles. The zero-order valence-electron chi connectivity index (χ0n) is 9.49. The van der Waals surface area contributed by atoms with Gasteiger partial charge in [-0.15, -0.1) is 0 Å². The van der Waals surface area contributed by atoms with Crippen molar-refractivity contribution in [3.8, 4) is 0 Å². The Morgan fingerprint density at radius 3 is 2.64 bits per heavy atom. The minimum atomic E-state index is 0.884. The molecule has 0 aliphatic carbocycles. The van der Waals surface area contributed by atoms with Gasteiger partial charge < -0.3 is 4.90 Å². The van der Waals surface area contributed by atoms with Gasteiger partial charge in [0.15, 0.2) is 0 Å². The summed E-state index contributed by atoms with van der Waals surface area (Å²) < 4.78 is 0. The first kappa shape index (κ1) is 11.6. The van der Waals surface area contributed by atoms with Crippen LogP contribution in [0.4, 0.5) is 5.69 Å².